The van der Waals surface area contributed by atoms with Crippen LogP contribution in [0.1, 0.15) is 50.4 Å². The Morgan fingerprint density at radius 1 is 1.37 bits per heavy atom. The highest BCUT2D eigenvalue weighted by molar-refractivity contribution is 9.10. The van der Waals surface area contributed by atoms with Crippen molar-refractivity contribution in [3.63, 3.8) is 0 Å². The zero-order valence-corrected chi connectivity index (χ0v) is 13.6. The van der Waals surface area contributed by atoms with E-state index in [0.717, 1.165) is 23.1 Å². The largest absolute Gasteiger partial charge is 0.370 e. The van der Waals surface area contributed by atoms with Crippen molar-refractivity contribution >= 4 is 27.4 Å². The van der Waals surface area contributed by atoms with Crippen molar-refractivity contribution in [2.24, 2.45) is 5.41 Å². The van der Waals surface area contributed by atoms with Crippen molar-refractivity contribution < 1.29 is 4.79 Å². The van der Waals surface area contributed by atoms with Crippen LogP contribution in [0.5, 0.6) is 0 Å². The summed E-state index contributed by atoms with van der Waals surface area (Å²) in [5, 5.41) is 0. The number of nitrogens with zero attached hydrogens (tertiary/aromatic N) is 1. The van der Waals surface area contributed by atoms with Crippen molar-refractivity contribution in [3.05, 3.63) is 28.2 Å². The van der Waals surface area contributed by atoms with E-state index in [2.05, 4.69) is 40.7 Å². The molecule has 3 heteroatoms. The molecule has 1 heterocycles. The van der Waals surface area contributed by atoms with E-state index in [1.165, 1.54) is 24.9 Å². The first-order valence-corrected chi connectivity index (χ1v) is 7.86. The fourth-order valence-electron chi connectivity index (χ4n) is 2.95. The lowest BCUT2D eigenvalue weighted by Crippen LogP contribution is -2.26. The number of benzene rings is 1. The SMILES string of the molecule is CCC1(CC)CCN(c2ccc(C(C)=O)cc2Br)C1. The van der Waals surface area contributed by atoms with E-state index in [9.17, 15) is 4.79 Å². The Morgan fingerprint density at radius 3 is 2.53 bits per heavy atom. The number of halogens is 1. The molecule has 0 spiro atoms. The first-order chi connectivity index (χ1) is 9.01. The second kappa shape index (κ2) is 5.66. The molecule has 0 bridgehead atoms. The van der Waals surface area contributed by atoms with Gasteiger partial charge in [0.1, 0.15) is 0 Å². The smallest absolute Gasteiger partial charge is 0.159 e. The van der Waals surface area contributed by atoms with Crippen molar-refractivity contribution in [2.75, 3.05) is 18.0 Å². The molecule has 0 N–H and O–H groups in total. The van der Waals surface area contributed by atoms with Crippen molar-refractivity contribution in [1.82, 2.24) is 0 Å². The predicted molar refractivity (Wildman–Crippen MR) is 84.0 cm³/mol. The molecular weight excluding hydrogens is 302 g/mol. The molecule has 104 valence electrons. The molecule has 1 aliphatic heterocycles. The van der Waals surface area contributed by atoms with Crippen LogP contribution in [0.15, 0.2) is 22.7 Å². The summed E-state index contributed by atoms with van der Waals surface area (Å²) >= 11 is 3.61. The van der Waals surface area contributed by atoms with E-state index in [4.69, 9.17) is 0 Å². The van der Waals surface area contributed by atoms with E-state index in [1.807, 2.05) is 12.1 Å². The Hall–Kier alpha value is -0.830. The highest BCUT2D eigenvalue weighted by Crippen LogP contribution is 2.41. The maximum atomic E-state index is 11.4. The van der Waals surface area contributed by atoms with Gasteiger partial charge in [-0.15, -0.1) is 0 Å². The Balaban J connectivity index is 2.22. The van der Waals surface area contributed by atoms with Gasteiger partial charge in [0.25, 0.3) is 0 Å². The van der Waals surface area contributed by atoms with Gasteiger partial charge in [0, 0.05) is 23.1 Å². The summed E-state index contributed by atoms with van der Waals surface area (Å²) in [5.41, 5.74) is 2.46. The van der Waals surface area contributed by atoms with Crippen LogP contribution in [0.3, 0.4) is 0 Å². The number of anilines is 1. The molecule has 1 aromatic carbocycles. The van der Waals surface area contributed by atoms with Crippen LogP contribution in [0.25, 0.3) is 0 Å². The molecule has 0 aromatic heterocycles. The summed E-state index contributed by atoms with van der Waals surface area (Å²) < 4.78 is 1.03. The topological polar surface area (TPSA) is 20.3 Å². The second-order valence-electron chi connectivity index (χ2n) is 5.60. The molecule has 0 amide bonds. The van der Waals surface area contributed by atoms with Crippen LogP contribution in [0.2, 0.25) is 0 Å². The summed E-state index contributed by atoms with van der Waals surface area (Å²) in [6.07, 6.45) is 3.74. The fourth-order valence-corrected chi connectivity index (χ4v) is 3.58. The fraction of sp³-hybridized carbons (Fsp3) is 0.562. The maximum absolute atomic E-state index is 11.4. The Kier molecular flexibility index (Phi) is 4.34. The van der Waals surface area contributed by atoms with Crippen LogP contribution < -0.4 is 4.90 Å². The number of carbonyl (C=O) groups is 1. The summed E-state index contributed by atoms with van der Waals surface area (Å²) in [7, 11) is 0. The van der Waals surface area contributed by atoms with E-state index >= 15 is 0 Å². The van der Waals surface area contributed by atoms with E-state index < -0.39 is 0 Å². The molecule has 0 atom stereocenters. The number of rotatable bonds is 4. The van der Waals surface area contributed by atoms with Gasteiger partial charge in [-0.25, -0.2) is 0 Å². The number of hydrogen-bond acceptors (Lipinski definition) is 2. The lowest BCUT2D eigenvalue weighted by atomic mass is 9.82. The highest BCUT2D eigenvalue weighted by atomic mass is 79.9. The molecule has 0 unspecified atom stereocenters. The minimum absolute atomic E-state index is 0.116. The Bertz CT molecular complexity index is 480. The average Bonchev–Trinajstić information content (AvgIpc) is 2.83. The summed E-state index contributed by atoms with van der Waals surface area (Å²) in [6, 6.07) is 5.94. The van der Waals surface area contributed by atoms with Gasteiger partial charge in [-0.1, -0.05) is 13.8 Å². The molecule has 1 saturated heterocycles. The zero-order chi connectivity index (χ0) is 14.0. The molecule has 0 radical (unpaired) electrons. The molecule has 2 rings (SSSR count). The number of ketones is 1. The number of carbonyl (C=O) groups excluding carboxylic acids is 1. The minimum atomic E-state index is 0.116. The van der Waals surface area contributed by atoms with E-state index in [1.54, 1.807) is 6.92 Å². The van der Waals surface area contributed by atoms with Crippen LogP contribution in [0, 0.1) is 5.41 Å². The monoisotopic (exact) mass is 323 g/mol. The van der Waals surface area contributed by atoms with Crippen LogP contribution >= 0.6 is 15.9 Å². The standard InChI is InChI=1S/C16H22BrNO/c1-4-16(5-2)8-9-18(11-16)15-7-6-13(12(3)19)10-14(15)17/h6-7,10H,4-5,8-9,11H2,1-3H3. The van der Waals surface area contributed by atoms with Crippen molar-refractivity contribution in [1.29, 1.82) is 0 Å². The summed E-state index contributed by atoms with van der Waals surface area (Å²) in [4.78, 5) is 13.8. The zero-order valence-electron chi connectivity index (χ0n) is 12.0. The van der Waals surface area contributed by atoms with Gasteiger partial charge in [-0.3, -0.25) is 4.79 Å². The van der Waals surface area contributed by atoms with E-state index in [0.29, 0.717) is 5.41 Å². The first-order valence-electron chi connectivity index (χ1n) is 7.07. The van der Waals surface area contributed by atoms with Gasteiger partial charge in [-0.2, -0.15) is 0 Å². The molecule has 19 heavy (non-hydrogen) atoms. The number of hydrogen-bond donors (Lipinski definition) is 0. The predicted octanol–water partition coefficient (Wildman–Crippen LogP) is 4.67. The molecule has 1 aliphatic rings. The minimum Gasteiger partial charge on any atom is -0.370 e. The Morgan fingerprint density at radius 2 is 2.05 bits per heavy atom. The van der Waals surface area contributed by atoms with Gasteiger partial charge in [0.15, 0.2) is 5.78 Å². The Labute approximate surface area is 124 Å². The quantitative estimate of drug-likeness (QED) is 0.750. The molecule has 0 saturated carbocycles. The third kappa shape index (κ3) is 2.86. The molecule has 0 aliphatic carbocycles. The third-order valence-electron chi connectivity index (χ3n) is 4.63. The molecular formula is C16H22BrNO. The van der Waals surface area contributed by atoms with E-state index in [-0.39, 0.29) is 5.78 Å². The average molecular weight is 324 g/mol. The van der Waals surface area contributed by atoms with Gasteiger partial charge in [0.2, 0.25) is 0 Å². The lowest BCUT2D eigenvalue weighted by molar-refractivity contribution is 0.101. The lowest BCUT2D eigenvalue weighted by Gasteiger charge is -2.27. The summed E-state index contributed by atoms with van der Waals surface area (Å²) in [6.45, 7) is 8.43. The van der Waals surface area contributed by atoms with Gasteiger partial charge >= 0.3 is 0 Å². The first kappa shape index (κ1) is 14.6. The summed E-state index contributed by atoms with van der Waals surface area (Å²) in [5.74, 6) is 0.116. The van der Waals surface area contributed by atoms with Crippen LogP contribution in [-0.4, -0.2) is 18.9 Å². The van der Waals surface area contributed by atoms with Crippen molar-refractivity contribution in [2.45, 2.75) is 40.0 Å². The molecule has 1 aromatic rings. The highest BCUT2D eigenvalue weighted by Gasteiger charge is 2.35. The third-order valence-corrected chi connectivity index (χ3v) is 5.27. The van der Waals surface area contributed by atoms with Crippen LogP contribution in [-0.2, 0) is 0 Å². The van der Waals surface area contributed by atoms with Crippen LogP contribution in [0.4, 0.5) is 5.69 Å². The van der Waals surface area contributed by atoms with Gasteiger partial charge in [0.05, 0.1) is 5.69 Å². The maximum Gasteiger partial charge on any atom is 0.159 e. The molecule has 2 nitrogen and oxygen atoms in total. The second-order valence-corrected chi connectivity index (χ2v) is 6.46. The van der Waals surface area contributed by atoms with Gasteiger partial charge < -0.3 is 4.90 Å². The molecule has 1 fully saturated rings. The normalized spacial score (nSPS) is 17.8. The van der Waals surface area contributed by atoms with Gasteiger partial charge in [-0.05, 0) is 65.7 Å². The van der Waals surface area contributed by atoms with Crippen molar-refractivity contribution in [3.8, 4) is 0 Å². The number of Topliss-reactive ketones (excluding diaryl/α,β-unsaturated/α-hetero) is 1.